The number of nitrogens with zero attached hydrogens (tertiary/aromatic N) is 1. The van der Waals surface area contributed by atoms with Crippen LogP contribution in [0.3, 0.4) is 0 Å². The number of benzene rings is 2. The van der Waals surface area contributed by atoms with E-state index in [0.717, 1.165) is 29.7 Å². The molecule has 2 aliphatic heterocycles. The van der Waals surface area contributed by atoms with Crippen LogP contribution in [0, 0.1) is 0 Å². The number of hydrogen-bond donors (Lipinski definition) is 2. The lowest BCUT2D eigenvalue weighted by Gasteiger charge is -2.36. The third-order valence-electron chi connectivity index (χ3n) is 6.33. The molecule has 1 aromatic heterocycles. The number of carbonyl (C=O) groups excluding carboxylic acids is 1. The first-order valence-corrected chi connectivity index (χ1v) is 12.6. The van der Waals surface area contributed by atoms with Gasteiger partial charge in [0.25, 0.3) is 5.56 Å². The molecule has 2 atom stereocenters. The van der Waals surface area contributed by atoms with Crippen LogP contribution in [-0.2, 0) is 16.1 Å². The summed E-state index contributed by atoms with van der Waals surface area (Å²) in [5, 5.41) is 5.75. The van der Waals surface area contributed by atoms with Gasteiger partial charge in [-0.1, -0.05) is 42.5 Å². The molecule has 0 radical (unpaired) electrons. The van der Waals surface area contributed by atoms with Crippen molar-refractivity contribution in [2.45, 2.75) is 50.2 Å². The normalized spacial score (nSPS) is 21.9. The number of nitrogens with one attached hydrogen (secondary N) is 2. The fourth-order valence-electron chi connectivity index (χ4n) is 4.68. The number of thioether (sulfide) groups is 1. The van der Waals surface area contributed by atoms with Gasteiger partial charge in [0.2, 0.25) is 5.91 Å². The highest BCUT2D eigenvalue weighted by Gasteiger charge is 2.36. The molecule has 8 heteroatoms. The minimum Gasteiger partial charge on any atom is -0.489 e. The van der Waals surface area contributed by atoms with Gasteiger partial charge in [-0.05, 0) is 49.9 Å². The van der Waals surface area contributed by atoms with Crippen LogP contribution in [0.4, 0.5) is 5.82 Å². The van der Waals surface area contributed by atoms with Crippen LogP contribution in [0.2, 0.25) is 0 Å². The Labute approximate surface area is 202 Å². The molecular weight excluding hydrogens is 450 g/mol. The highest BCUT2D eigenvalue weighted by Crippen LogP contribution is 2.42. The van der Waals surface area contributed by atoms with Crippen molar-refractivity contribution >= 4 is 23.5 Å². The number of fused-ring (bicyclic) bond motifs is 1. The van der Waals surface area contributed by atoms with E-state index in [9.17, 15) is 9.59 Å². The number of H-pyrrole nitrogens is 1. The highest BCUT2D eigenvalue weighted by molar-refractivity contribution is 8.00. The fraction of sp³-hybridized carbons (Fsp3) is 0.385. The first-order chi connectivity index (χ1) is 16.4. The molecule has 0 unspecified atom stereocenters. The Kier molecular flexibility index (Phi) is 6.27. The van der Waals surface area contributed by atoms with Crippen LogP contribution in [0.5, 0.6) is 5.75 Å². The zero-order valence-electron chi connectivity index (χ0n) is 19.4. The fourth-order valence-corrected chi connectivity index (χ4v) is 5.81. The molecule has 5 rings (SSSR count). The van der Waals surface area contributed by atoms with Gasteiger partial charge in [0, 0.05) is 6.61 Å². The minimum atomic E-state index is -0.282. The summed E-state index contributed by atoms with van der Waals surface area (Å²) in [4.78, 5) is 25.7. The quantitative estimate of drug-likeness (QED) is 0.556. The van der Waals surface area contributed by atoms with Crippen LogP contribution in [0.1, 0.15) is 54.7 Å². The zero-order valence-corrected chi connectivity index (χ0v) is 20.2. The predicted molar refractivity (Wildman–Crippen MR) is 134 cm³/mol. The van der Waals surface area contributed by atoms with Gasteiger partial charge < -0.3 is 14.8 Å². The van der Waals surface area contributed by atoms with E-state index < -0.39 is 0 Å². The molecule has 1 amide bonds. The first kappa shape index (κ1) is 22.8. The minimum absolute atomic E-state index is 0.0537. The maximum atomic E-state index is 13.2. The maximum absolute atomic E-state index is 13.2. The molecule has 1 saturated heterocycles. The predicted octanol–water partition coefficient (Wildman–Crippen LogP) is 4.66. The van der Waals surface area contributed by atoms with Gasteiger partial charge in [-0.2, -0.15) is 0 Å². The Bertz CT molecular complexity index is 1220. The van der Waals surface area contributed by atoms with Gasteiger partial charge in [-0.15, -0.1) is 11.8 Å². The van der Waals surface area contributed by atoms with Gasteiger partial charge in [0.05, 0.1) is 28.2 Å². The zero-order chi connectivity index (χ0) is 23.7. The van der Waals surface area contributed by atoms with Crippen molar-refractivity contribution in [2.75, 3.05) is 17.7 Å². The molecule has 3 heterocycles. The summed E-state index contributed by atoms with van der Waals surface area (Å²) in [7, 11) is 0. The average molecular weight is 480 g/mol. The molecule has 34 heavy (non-hydrogen) atoms. The number of anilines is 1. The monoisotopic (exact) mass is 479 g/mol. The van der Waals surface area contributed by atoms with E-state index in [2.05, 4.69) is 24.3 Å². The molecule has 2 aromatic carbocycles. The Hall–Kier alpha value is -2.97. The average Bonchev–Trinajstić information content (AvgIpc) is 3.03. The van der Waals surface area contributed by atoms with Crippen molar-refractivity contribution in [3.05, 3.63) is 81.6 Å². The topological polar surface area (TPSA) is 85.4 Å². The van der Waals surface area contributed by atoms with Crippen molar-refractivity contribution in [3.63, 3.8) is 0 Å². The number of amides is 1. The van der Waals surface area contributed by atoms with Gasteiger partial charge in [-0.25, -0.2) is 0 Å². The van der Waals surface area contributed by atoms with Gasteiger partial charge in [0.15, 0.2) is 0 Å². The van der Waals surface area contributed by atoms with Crippen LogP contribution in [-0.4, -0.2) is 33.6 Å². The Morgan fingerprint density at radius 2 is 1.88 bits per heavy atom. The Morgan fingerprint density at radius 3 is 2.62 bits per heavy atom. The molecule has 2 N–H and O–H groups in total. The molecule has 3 aromatic rings. The van der Waals surface area contributed by atoms with E-state index in [1.807, 2.05) is 59.3 Å². The molecule has 0 spiro atoms. The second-order valence-electron chi connectivity index (χ2n) is 9.41. The SMILES string of the molecule is CC1(C)C[C@H](n2[nH]c(=O)c3c2NC(=O)CS[C@@H]3c2ccc(OCc3ccccc3)cc2)CCO1. The van der Waals surface area contributed by atoms with Crippen molar-refractivity contribution in [2.24, 2.45) is 0 Å². The van der Waals surface area contributed by atoms with Crippen LogP contribution >= 0.6 is 11.8 Å². The highest BCUT2D eigenvalue weighted by atomic mass is 32.2. The molecule has 0 aliphatic carbocycles. The van der Waals surface area contributed by atoms with E-state index >= 15 is 0 Å². The third-order valence-corrected chi connectivity index (χ3v) is 7.60. The number of ether oxygens (including phenoxy) is 2. The van der Waals surface area contributed by atoms with Crippen molar-refractivity contribution in [1.82, 2.24) is 9.78 Å². The molecule has 7 nitrogen and oxygen atoms in total. The van der Waals surface area contributed by atoms with Crippen LogP contribution in [0.15, 0.2) is 59.4 Å². The van der Waals surface area contributed by atoms with E-state index in [1.54, 1.807) is 0 Å². The second kappa shape index (κ2) is 9.35. The van der Waals surface area contributed by atoms with E-state index in [-0.39, 0.29) is 34.1 Å². The van der Waals surface area contributed by atoms with Crippen LogP contribution in [0.25, 0.3) is 0 Å². The lowest BCUT2D eigenvalue weighted by atomic mass is 9.94. The first-order valence-electron chi connectivity index (χ1n) is 11.6. The van der Waals surface area contributed by atoms with Gasteiger partial charge in [-0.3, -0.25) is 19.4 Å². The number of hydrogen-bond acceptors (Lipinski definition) is 5. The van der Waals surface area contributed by atoms with Crippen molar-refractivity contribution < 1.29 is 14.3 Å². The number of carbonyl (C=O) groups is 1. The Balaban J connectivity index is 1.42. The number of rotatable bonds is 5. The maximum Gasteiger partial charge on any atom is 0.270 e. The summed E-state index contributed by atoms with van der Waals surface area (Å²) in [6.07, 6.45) is 1.53. The number of aromatic amines is 1. The molecule has 178 valence electrons. The lowest BCUT2D eigenvalue weighted by molar-refractivity contribution is -0.113. The van der Waals surface area contributed by atoms with Gasteiger partial charge in [0.1, 0.15) is 18.2 Å². The summed E-state index contributed by atoms with van der Waals surface area (Å²) in [6.45, 7) is 5.21. The summed E-state index contributed by atoms with van der Waals surface area (Å²) < 4.78 is 13.6. The summed E-state index contributed by atoms with van der Waals surface area (Å²) in [5.41, 5.74) is 2.21. The lowest BCUT2D eigenvalue weighted by Crippen LogP contribution is -2.36. The molecule has 1 fully saturated rings. The second-order valence-corrected chi connectivity index (χ2v) is 10.5. The molecule has 0 bridgehead atoms. The molecule has 0 saturated carbocycles. The molecular formula is C26H29N3O4S. The van der Waals surface area contributed by atoms with Crippen molar-refractivity contribution in [1.29, 1.82) is 0 Å². The largest absolute Gasteiger partial charge is 0.489 e. The van der Waals surface area contributed by atoms with E-state index in [0.29, 0.717) is 24.6 Å². The summed E-state index contributed by atoms with van der Waals surface area (Å²) in [5.74, 6) is 1.52. The standard InChI is InChI=1S/C26H29N3O4S/c1-26(2)14-19(12-13-33-26)29-24-22(25(31)28-29)23(34-16-21(30)27-24)18-8-10-20(11-9-18)32-15-17-6-4-3-5-7-17/h3-11,19,23H,12-16H2,1-2H3,(H,27,30)(H,28,31)/t19-,23-/m1/s1. The van der Waals surface area contributed by atoms with Gasteiger partial charge >= 0.3 is 0 Å². The summed E-state index contributed by atoms with van der Waals surface area (Å²) >= 11 is 1.47. The molecule has 2 aliphatic rings. The van der Waals surface area contributed by atoms with Crippen molar-refractivity contribution in [3.8, 4) is 5.75 Å². The Morgan fingerprint density at radius 1 is 1.12 bits per heavy atom. The van der Waals surface area contributed by atoms with E-state index in [1.165, 1.54) is 11.8 Å². The number of aromatic nitrogens is 2. The smallest absolute Gasteiger partial charge is 0.270 e. The summed E-state index contributed by atoms with van der Waals surface area (Å²) in [6, 6.07) is 17.9. The van der Waals surface area contributed by atoms with E-state index in [4.69, 9.17) is 9.47 Å². The third kappa shape index (κ3) is 4.79. The van der Waals surface area contributed by atoms with Crippen LogP contribution < -0.4 is 15.6 Å².